The first kappa shape index (κ1) is 80.5. The van der Waals surface area contributed by atoms with E-state index in [1.54, 1.807) is 77.9 Å². The topological polar surface area (TPSA) is 259 Å². The number of hydrogen-bond donors (Lipinski definition) is 6. The number of halogens is 3. The van der Waals surface area contributed by atoms with Gasteiger partial charge in [-0.25, -0.2) is 13.2 Å². The summed E-state index contributed by atoms with van der Waals surface area (Å²) in [5.74, 6) is -1.70. The third-order valence-corrected chi connectivity index (χ3v) is 20.0. The van der Waals surface area contributed by atoms with Gasteiger partial charge in [-0.15, -0.1) is 0 Å². The summed E-state index contributed by atoms with van der Waals surface area (Å²) in [5, 5.41) is 40.9. The lowest BCUT2D eigenvalue weighted by Crippen LogP contribution is -2.64. The van der Waals surface area contributed by atoms with Crippen molar-refractivity contribution in [2.75, 3.05) is 19.6 Å². The number of amides is 3. The standard InChI is InChI=1S/C33H38FNO6.C30H34FNO6.C26H32FNO6.4H2/c1-21(36)35-17-16-23-14-15-26(19-27(23)24-12-9-13-25(34)18-24)38-31-29-28(39-33(4,5)40-29)30(32(2,3)41-31)37-20-22-10-7-6-8-11-22;1-19(33)32-15-14-21-12-13-24(17-25(21)22-10-7-11-23(31)16-22)37-29-27(35)26(34)28(30(2,3)38-29)36-18-20-8-5-4-6-9-20;1-15(29)28-12-11-16-9-10-19(14-20(16)17-7-6-8-18(27)13-17)31-24-22-21(32-26(4,5)33-22)23(30)25(2,3)34-24;;;;/h6-15,18-19,28-31H,16-17,20H2,1-5H3,(H,35,36);4-13,16-17,26-29,34-35H,14-15,18H2,1-3H3,(H,32,33);6-10,13-14,21-24,30H,11-12H2,1-5H3,(H,28,29);4*1H/t28-,29+,30+,31+;26-,27+,28+,29+;21-,22+,23+,24+;;;;/m000..../s1/i;;;3*1+2T;1+2. The second kappa shape index (κ2) is 36.6. The predicted molar refractivity (Wildman–Crippen MR) is 426 cm³/mol. The van der Waals surface area contributed by atoms with E-state index >= 15 is 0 Å². The van der Waals surface area contributed by atoms with Gasteiger partial charge < -0.3 is 88.1 Å². The van der Waals surface area contributed by atoms with E-state index < -0.39 is 102 Å². The molecule has 6 N–H and O–H groups in total. The minimum absolute atomic E-state index is 0. The second-order valence-corrected chi connectivity index (χ2v) is 31.3. The normalized spacial score (nSPS) is 24.8. The van der Waals surface area contributed by atoms with Crippen LogP contribution in [0.15, 0.2) is 188 Å². The fourth-order valence-corrected chi connectivity index (χ4v) is 14.6. The third kappa shape index (κ3) is 22.3. The van der Waals surface area contributed by atoms with Crippen molar-refractivity contribution in [3.8, 4) is 50.6 Å². The summed E-state index contributed by atoms with van der Waals surface area (Å²) in [6.45, 7) is 24.8. The molecule has 8 aromatic rings. The highest BCUT2D eigenvalue weighted by Gasteiger charge is 2.61. The average Bonchev–Trinajstić information content (AvgIpc) is 1.58. The van der Waals surface area contributed by atoms with Crippen molar-refractivity contribution in [2.24, 2.45) is 0 Å². The number of benzene rings is 8. The molecule has 0 saturated carbocycles. The van der Waals surface area contributed by atoms with E-state index in [-0.39, 0.29) is 43.2 Å². The lowest BCUT2D eigenvalue weighted by atomic mass is 9.89. The van der Waals surface area contributed by atoms with E-state index in [9.17, 15) is 42.9 Å². The number of nitrogens with one attached hydrogen (secondary N) is 3. The van der Waals surface area contributed by atoms with Crippen LogP contribution in [0, 0.1) is 17.5 Å². The van der Waals surface area contributed by atoms with Gasteiger partial charge in [0, 0.05) is 50.7 Å². The first-order chi connectivity index (χ1) is 56.6. The number of rotatable bonds is 24. The zero-order valence-electron chi connectivity index (χ0n) is 72.1. The quantitative estimate of drug-likeness (QED) is 0.0329. The monoisotopic (exact) mass is 1580 g/mol. The van der Waals surface area contributed by atoms with E-state index in [0.717, 1.165) is 44.5 Å². The number of carbonyl (C=O) groups excluding carboxylic acids is 3. The molecule has 612 valence electrons. The molecule has 21 nitrogen and oxygen atoms in total. The van der Waals surface area contributed by atoms with E-state index in [0.29, 0.717) is 79.4 Å². The maximum atomic E-state index is 14.2. The fourth-order valence-electron chi connectivity index (χ4n) is 14.6. The van der Waals surface area contributed by atoms with Crippen molar-refractivity contribution >= 4 is 17.7 Å². The highest BCUT2D eigenvalue weighted by Crippen LogP contribution is 2.46. The Morgan fingerprint density at radius 2 is 0.726 bits per heavy atom. The highest BCUT2D eigenvalue weighted by molar-refractivity contribution is 5.75. The molecular weight excluding hydrogens is 1460 g/mol. The average molecular weight is 1580 g/mol. The number of hydrogen-bond acceptors (Lipinski definition) is 18. The number of aliphatic hydroxyl groups is 3. The van der Waals surface area contributed by atoms with Crippen molar-refractivity contribution in [2.45, 2.75) is 225 Å². The van der Waals surface area contributed by atoms with Crippen LogP contribution >= 0.6 is 0 Å². The maximum absolute atomic E-state index is 14.2. The first-order valence-corrected chi connectivity index (χ1v) is 38.1. The van der Waals surface area contributed by atoms with Crippen LogP contribution in [0.25, 0.3) is 33.4 Å². The molecule has 5 saturated heterocycles. The minimum atomic E-state index is -1.37. The molecule has 0 aromatic heterocycles. The molecule has 5 aliphatic heterocycles. The van der Waals surface area contributed by atoms with Gasteiger partial charge in [-0.2, -0.15) is 0 Å². The predicted octanol–water partition coefficient (Wildman–Crippen LogP) is 14.3. The number of ether oxygens (including phenoxy) is 12. The summed E-state index contributed by atoms with van der Waals surface area (Å²) in [4.78, 5) is 34.0. The molecule has 12 atom stereocenters. The molecule has 0 aliphatic carbocycles. The van der Waals surface area contributed by atoms with Crippen molar-refractivity contribution in [1.82, 2.24) is 16.0 Å². The zero-order valence-corrected chi connectivity index (χ0v) is 66.1. The van der Waals surface area contributed by atoms with Gasteiger partial charge in [0.15, 0.2) is 23.8 Å². The Balaban J connectivity index is 0.000000240. The molecule has 113 heavy (non-hydrogen) atoms. The Bertz CT molecular complexity index is 4590. The SMILES string of the molecule is CC(=O)NCCc1ccc(O[C@@H]2OC(C)(C)[C@H](O)[C@H]3OC(C)(C)O[C@@H]23)cc1-c1cccc(F)c1.CC(=O)NCCc1ccc(O[C@@H]2OC(C)(C)[C@H](OCc3ccccc3)[C@@H](O)[C@H]2O)cc1-c1cccc(F)c1.CC(=O)NCCc1ccc(O[C@@H]2OC(C)(C)[C@H](OCc3ccccc3)[C@H]3OC(C)(C)O[C@@H]23)cc1-c1cccc(F)c1.[3HH].[3H][3H].[3H][3H].[3H][3H]. The van der Waals surface area contributed by atoms with E-state index in [1.807, 2.05) is 143 Å². The van der Waals surface area contributed by atoms with Crippen molar-refractivity contribution < 1.29 is 110 Å². The molecular formula is C89H112F3N3O18. The Kier molecular flexibility index (Phi) is 26.0. The zero-order chi connectivity index (χ0) is 87.2. The van der Waals surface area contributed by atoms with Crippen molar-refractivity contribution in [1.29, 1.82) is 0 Å². The fraction of sp³-hybridized carbons (Fsp3) is 0.427. The van der Waals surface area contributed by atoms with Crippen LogP contribution in [0.5, 0.6) is 17.2 Å². The molecule has 5 heterocycles. The van der Waals surface area contributed by atoms with Crippen molar-refractivity contribution in [3.05, 3.63) is 233 Å². The van der Waals surface area contributed by atoms with E-state index in [4.69, 9.17) is 65.8 Å². The summed E-state index contributed by atoms with van der Waals surface area (Å²) in [6.07, 6.45) is -8.03. The number of aliphatic hydroxyl groups excluding tert-OH is 3. The number of fused-ring (bicyclic) bond motifs is 2. The Morgan fingerprint density at radius 1 is 0.389 bits per heavy atom. The summed E-state index contributed by atoms with van der Waals surface area (Å²) < 4.78 is 147. The molecule has 0 spiro atoms. The van der Waals surface area contributed by atoms with Crippen LogP contribution in [0.2, 0.25) is 0 Å². The Morgan fingerprint density at radius 3 is 1.12 bits per heavy atom. The molecule has 13 rings (SSSR count). The Labute approximate surface area is 669 Å². The molecule has 3 amide bonds. The van der Waals surface area contributed by atoms with Gasteiger partial charge in [0.25, 0.3) is 0 Å². The summed E-state index contributed by atoms with van der Waals surface area (Å²) >= 11 is 0. The molecule has 5 aliphatic rings. The van der Waals surface area contributed by atoms with Crippen LogP contribution in [0.1, 0.15) is 128 Å². The van der Waals surface area contributed by atoms with Gasteiger partial charge >= 0.3 is 0 Å². The van der Waals surface area contributed by atoms with Crippen LogP contribution in [-0.4, -0.2) is 155 Å². The first-order valence-electron chi connectivity index (χ1n) is 41.1. The van der Waals surface area contributed by atoms with Crippen LogP contribution in [-0.2, 0) is 89.5 Å². The molecule has 5 fully saturated rings. The lowest BCUT2D eigenvalue weighted by molar-refractivity contribution is -0.311. The van der Waals surface area contributed by atoms with Crippen LogP contribution in [0.3, 0.4) is 0 Å². The molecule has 0 unspecified atom stereocenters. The van der Waals surface area contributed by atoms with Gasteiger partial charge in [0.05, 0.1) is 30.0 Å². The smallest absolute Gasteiger partial charge is 0.229 e. The maximum Gasteiger partial charge on any atom is 0.229 e. The molecule has 8 aromatic carbocycles. The van der Waals surface area contributed by atoms with Gasteiger partial charge in [0.2, 0.25) is 36.6 Å². The van der Waals surface area contributed by atoms with Gasteiger partial charge in [-0.05, 0) is 222 Å². The van der Waals surface area contributed by atoms with Gasteiger partial charge in [-0.3, -0.25) is 14.4 Å². The van der Waals surface area contributed by atoms with Gasteiger partial charge in [-0.1, -0.05) is 115 Å². The van der Waals surface area contributed by atoms with Gasteiger partial charge in [0.1, 0.15) is 77.4 Å². The number of carbonyl (C=O) groups is 3. The molecule has 0 radical (unpaired) electrons. The molecule has 24 heteroatoms. The second-order valence-electron chi connectivity index (χ2n) is 31.3. The largest absolute Gasteiger partial charge is 0.462 e. The lowest BCUT2D eigenvalue weighted by Gasteiger charge is -2.46. The van der Waals surface area contributed by atoms with E-state index in [1.165, 1.54) is 57.2 Å². The third-order valence-electron chi connectivity index (χ3n) is 20.0. The Hall–Kier alpha value is -9.12. The van der Waals surface area contributed by atoms with E-state index in [2.05, 4.69) is 16.0 Å². The minimum Gasteiger partial charge on any atom is -0.462 e. The summed E-state index contributed by atoms with van der Waals surface area (Å²) in [5.41, 5.74) is 6.51. The van der Waals surface area contributed by atoms with Crippen LogP contribution in [0.4, 0.5) is 13.2 Å². The summed E-state index contributed by atoms with van der Waals surface area (Å²) in [7, 11) is 0. The van der Waals surface area contributed by atoms with Crippen molar-refractivity contribution in [3.63, 3.8) is 0 Å². The summed E-state index contributed by atoms with van der Waals surface area (Å²) in [6, 6.07) is 55.0. The molecule has 0 bridgehead atoms. The highest BCUT2D eigenvalue weighted by atomic mass is 19.1. The van der Waals surface area contributed by atoms with Crippen LogP contribution < -0.4 is 30.2 Å².